The van der Waals surface area contributed by atoms with Crippen LogP contribution in [-0.4, -0.2) is 18.5 Å². The Balaban J connectivity index is 1.92. The van der Waals surface area contributed by atoms with Gasteiger partial charge in [0.15, 0.2) is 0 Å². The second kappa shape index (κ2) is 6.09. The molecule has 0 aromatic heterocycles. The van der Waals surface area contributed by atoms with Crippen molar-refractivity contribution in [1.82, 2.24) is 0 Å². The Kier molecular flexibility index (Phi) is 4.47. The Morgan fingerprint density at radius 1 is 1.41 bits per heavy atom. The Hall–Kier alpha value is -0.980. The molecule has 0 atom stereocenters. The Morgan fingerprint density at radius 3 is 2.82 bits per heavy atom. The third-order valence-electron chi connectivity index (χ3n) is 3.11. The summed E-state index contributed by atoms with van der Waals surface area (Å²) in [5.41, 5.74) is 3.33. The molecule has 1 aliphatic heterocycles. The van der Waals surface area contributed by atoms with Crippen molar-refractivity contribution in [3.05, 3.63) is 34.9 Å². The lowest BCUT2D eigenvalue weighted by atomic mass is 10.1. The van der Waals surface area contributed by atoms with Gasteiger partial charge in [0.25, 0.3) is 0 Å². The summed E-state index contributed by atoms with van der Waals surface area (Å²) in [6.45, 7) is 3.90. The average Bonchev–Trinajstić information content (AvgIpc) is 2.38. The highest BCUT2D eigenvalue weighted by Gasteiger charge is 2.14. The quantitative estimate of drug-likeness (QED) is 0.821. The van der Waals surface area contributed by atoms with Crippen LogP contribution in [-0.2, 0) is 10.5 Å². The van der Waals surface area contributed by atoms with Crippen LogP contribution in [0.15, 0.2) is 18.2 Å². The highest BCUT2D eigenvalue weighted by atomic mass is 32.2. The van der Waals surface area contributed by atoms with Crippen molar-refractivity contribution < 1.29 is 4.74 Å². The van der Waals surface area contributed by atoms with Gasteiger partial charge in [-0.25, -0.2) is 0 Å². The number of nitriles is 1. The third-order valence-corrected chi connectivity index (χ3v) is 4.54. The molecule has 1 fully saturated rings. The van der Waals surface area contributed by atoms with E-state index < -0.39 is 0 Å². The second-order valence-electron chi connectivity index (χ2n) is 4.38. The van der Waals surface area contributed by atoms with E-state index in [2.05, 4.69) is 19.1 Å². The molecule has 1 saturated heterocycles. The van der Waals surface area contributed by atoms with Gasteiger partial charge in [-0.05, 0) is 43.0 Å². The van der Waals surface area contributed by atoms with Gasteiger partial charge in [-0.15, -0.1) is 0 Å². The molecule has 0 bridgehead atoms. The summed E-state index contributed by atoms with van der Waals surface area (Å²) < 4.78 is 5.36. The van der Waals surface area contributed by atoms with Crippen molar-refractivity contribution in [2.75, 3.05) is 13.2 Å². The summed E-state index contributed by atoms with van der Waals surface area (Å²) in [5, 5.41) is 9.55. The summed E-state index contributed by atoms with van der Waals surface area (Å²) in [6.07, 6.45) is 2.33. The van der Waals surface area contributed by atoms with Crippen LogP contribution in [0.1, 0.15) is 29.5 Å². The van der Waals surface area contributed by atoms with E-state index in [1.165, 1.54) is 24.0 Å². The number of benzene rings is 1. The van der Waals surface area contributed by atoms with Gasteiger partial charge in [-0.3, -0.25) is 0 Å². The van der Waals surface area contributed by atoms with Crippen molar-refractivity contribution in [1.29, 1.82) is 5.26 Å². The lowest BCUT2D eigenvalue weighted by Gasteiger charge is -2.21. The van der Waals surface area contributed by atoms with E-state index in [0.29, 0.717) is 0 Å². The molecule has 2 nitrogen and oxygen atoms in total. The Bertz CT molecular complexity index is 419. The summed E-state index contributed by atoms with van der Waals surface area (Å²) in [4.78, 5) is 0. The molecule has 0 spiro atoms. The smallest absolute Gasteiger partial charge is 0.0991 e. The van der Waals surface area contributed by atoms with Crippen LogP contribution in [0.3, 0.4) is 0 Å². The van der Waals surface area contributed by atoms with Crippen molar-refractivity contribution in [3.8, 4) is 6.07 Å². The molecule has 17 heavy (non-hydrogen) atoms. The van der Waals surface area contributed by atoms with E-state index in [1.807, 2.05) is 23.9 Å². The molecule has 0 amide bonds. The molecule has 90 valence electrons. The standard InChI is InChI=1S/C14H17NOS/c1-11-8-12(9-15)2-3-13(11)10-17-14-4-6-16-7-5-14/h2-3,8,14H,4-7,10H2,1H3. The van der Waals surface area contributed by atoms with Gasteiger partial charge < -0.3 is 4.74 Å². The van der Waals surface area contributed by atoms with Crippen molar-refractivity contribution in [2.24, 2.45) is 0 Å². The fourth-order valence-electron chi connectivity index (χ4n) is 1.98. The largest absolute Gasteiger partial charge is 0.381 e. The van der Waals surface area contributed by atoms with E-state index in [-0.39, 0.29) is 0 Å². The first kappa shape index (κ1) is 12.5. The normalized spacial score (nSPS) is 16.7. The van der Waals surface area contributed by atoms with Crippen molar-refractivity contribution in [3.63, 3.8) is 0 Å². The molecule has 3 heteroatoms. The van der Waals surface area contributed by atoms with Crippen LogP contribution < -0.4 is 0 Å². The zero-order chi connectivity index (χ0) is 12.1. The molecule has 1 aliphatic rings. The minimum atomic E-state index is 0.735. The lowest BCUT2D eigenvalue weighted by molar-refractivity contribution is 0.1000. The summed E-state index contributed by atoms with van der Waals surface area (Å²) in [7, 11) is 0. The van der Waals surface area contributed by atoms with Gasteiger partial charge in [0.05, 0.1) is 11.6 Å². The van der Waals surface area contributed by atoms with Crippen LogP contribution in [0.2, 0.25) is 0 Å². The van der Waals surface area contributed by atoms with Gasteiger partial charge in [0.2, 0.25) is 0 Å². The van der Waals surface area contributed by atoms with E-state index in [4.69, 9.17) is 10.00 Å². The Labute approximate surface area is 107 Å². The van der Waals surface area contributed by atoms with Crippen LogP contribution >= 0.6 is 11.8 Å². The lowest BCUT2D eigenvalue weighted by Crippen LogP contribution is -2.17. The SMILES string of the molecule is Cc1cc(C#N)ccc1CSC1CCOCC1. The molecular weight excluding hydrogens is 230 g/mol. The van der Waals surface area contributed by atoms with Crippen LogP contribution in [0.4, 0.5) is 0 Å². The number of nitrogens with zero attached hydrogens (tertiary/aromatic N) is 1. The highest BCUT2D eigenvalue weighted by molar-refractivity contribution is 7.99. The minimum absolute atomic E-state index is 0.735. The molecular formula is C14H17NOS. The van der Waals surface area contributed by atoms with E-state index in [9.17, 15) is 0 Å². The molecule has 1 aromatic rings. The van der Waals surface area contributed by atoms with E-state index >= 15 is 0 Å². The first-order valence-electron chi connectivity index (χ1n) is 5.98. The fourth-order valence-corrected chi connectivity index (χ4v) is 3.24. The topological polar surface area (TPSA) is 33.0 Å². The maximum absolute atomic E-state index is 8.82. The first-order chi connectivity index (χ1) is 8.29. The number of hydrogen-bond acceptors (Lipinski definition) is 3. The maximum atomic E-state index is 8.82. The van der Waals surface area contributed by atoms with Crippen molar-refractivity contribution in [2.45, 2.75) is 30.8 Å². The first-order valence-corrected chi connectivity index (χ1v) is 7.03. The predicted octanol–water partition coefficient (Wildman–Crippen LogP) is 3.28. The third kappa shape index (κ3) is 3.49. The molecule has 0 radical (unpaired) electrons. The number of thioether (sulfide) groups is 1. The van der Waals surface area contributed by atoms with Gasteiger partial charge >= 0.3 is 0 Å². The summed E-state index contributed by atoms with van der Waals surface area (Å²) >= 11 is 2.02. The number of rotatable bonds is 3. The van der Waals surface area contributed by atoms with Crippen LogP contribution in [0, 0.1) is 18.3 Å². The molecule has 0 unspecified atom stereocenters. The van der Waals surface area contributed by atoms with Gasteiger partial charge in [-0.1, -0.05) is 6.07 Å². The average molecular weight is 247 g/mol. The molecule has 0 aliphatic carbocycles. The van der Waals surface area contributed by atoms with Crippen LogP contribution in [0.5, 0.6) is 0 Å². The molecule has 2 rings (SSSR count). The van der Waals surface area contributed by atoms with E-state index in [0.717, 1.165) is 29.8 Å². The summed E-state index contributed by atoms with van der Waals surface area (Å²) in [5.74, 6) is 1.04. The molecule has 0 saturated carbocycles. The zero-order valence-electron chi connectivity index (χ0n) is 10.1. The maximum Gasteiger partial charge on any atom is 0.0991 e. The molecule has 1 heterocycles. The van der Waals surface area contributed by atoms with Crippen LogP contribution in [0.25, 0.3) is 0 Å². The number of aryl methyl sites for hydroxylation is 1. The van der Waals surface area contributed by atoms with Crippen molar-refractivity contribution >= 4 is 11.8 Å². The molecule has 1 aromatic carbocycles. The summed E-state index contributed by atoms with van der Waals surface area (Å²) in [6, 6.07) is 8.14. The highest BCUT2D eigenvalue weighted by Crippen LogP contribution is 2.26. The zero-order valence-corrected chi connectivity index (χ0v) is 10.9. The second-order valence-corrected chi connectivity index (χ2v) is 5.66. The number of ether oxygens (including phenoxy) is 1. The van der Waals surface area contributed by atoms with Gasteiger partial charge in [0.1, 0.15) is 0 Å². The van der Waals surface area contributed by atoms with E-state index in [1.54, 1.807) is 0 Å². The minimum Gasteiger partial charge on any atom is -0.381 e. The number of hydrogen-bond donors (Lipinski definition) is 0. The Morgan fingerprint density at radius 2 is 2.18 bits per heavy atom. The fraction of sp³-hybridized carbons (Fsp3) is 0.500. The molecule has 0 N–H and O–H groups in total. The predicted molar refractivity (Wildman–Crippen MR) is 71.0 cm³/mol. The van der Waals surface area contributed by atoms with Gasteiger partial charge in [0, 0.05) is 24.2 Å². The van der Waals surface area contributed by atoms with Gasteiger partial charge in [-0.2, -0.15) is 17.0 Å². The monoisotopic (exact) mass is 247 g/mol.